The molecule has 108 valence electrons. The van der Waals surface area contributed by atoms with Gasteiger partial charge in [0.15, 0.2) is 0 Å². The first kappa shape index (κ1) is 13.3. The van der Waals surface area contributed by atoms with Crippen LogP contribution in [0.15, 0.2) is 19.6 Å². The highest BCUT2D eigenvalue weighted by Gasteiger charge is 2.61. The van der Waals surface area contributed by atoms with Crippen molar-refractivity contribution in [3.05, 3.63) is 19.6 Å². The second-order valence-electron chi connectivity index (χ2n) is 6.48. The van der Waals surface area contributed by atoms with Gasteiger partial charge < -0.3 is 0 Å². The van der Waals surface area contributed by atoms with Gasteiger partial charge in [-0.25, -0.2) is 0 Å². The van der Waals surface area contributed by atoms with E-state index in [0.717, 1.165) is 23.7 Å². The van der Waals surface area contributed by atoms with Crippen molar-refractivity contribution in [2.24, 2.45) is 23.7 Å². The molecule has 0 N–H and O–H groups in total. The topological polar surface area (TPSA) is 0 Å². The third kappa shape index (κ3) is 1.87. The molecule has 2 saturated heterocycles. The molecule has 2 aliphatic heterocycles. The van der Waals surface area contributed by atoms with Gasteiger partial charge in [0.25, 0.3) is 0 Å². The molecular formula is C16H20S4. The molecule has 6 fully saturated rings. The van der Waals surface area contributed by atoms with Gasteiger partial charge in [-0.15, -0.1) is 47.0 Å². The number of hydrogen-bond acceptors (Lipinski definition) is 4. The van der Waals surface area contributed by atoms with E-state index in [0.29, 0.717) is 0 Å². The minimum Gasteiger partial charge on any atom is -0.119 e. The van der Waals surface area contributed by atoms with Crippen LogP contribution in [0.25, 0.3) is 0 Å². The molecule has 0 aromatic rings. The summed E-state index contributed by atoms with van der Waals surface area (Å²) in [5.41, 5.74) is 3.87. The molecule has 0 unspecified atom stereocenters. The van der Waals surface area contributed by atoms with Crippen LogP contribution in [-0.2, 0) is 0 Å². The molecule has 0 amide bonds. The van der Waals surface area contributed by atoms with Gasteiger partial charge in [-0.1, -0.05) is 0 Å². The summed E-state index contributed by atoms with van der Waals surface area (Å²) in [5, 5.41) is 0. The van der Waals surface area contributed by atoms with E-state index in [-0.39, 0.29) is 0 Å². The molecule has 4 bridgehead atoms. The van der Waals surface area contributed by atoms with Crippen LogP contribution >= 0.6 is 47.0 Å². The summed E-state index contributed by atoms with van der Waals surface area (Å²) in [6, 6.07) is 0. The van der Waals surface area contributed by atoms with Gasteiger partial charge in [0.05, 0.1) is 0 Å². The number of hydrogen-bond donors (Lipinski definition) is 0. The SMILES string of the molecule is C1CSC(=C2[C@@H]3C[C@H]4C(=C5SCCCS5)[C@@H]3C[C@@H]24)SC1. The number of thioether (sulfide) groups is 4. The lowest BCUT2D eigenvalue weighted by atomic mass is 9.92. The minimum atomic E-state index is 0.962. The Balaban J connectivity index is 1.48. The highest BCUT2D eigenvalue weighted by atomic mass is 32.2. The lowest BCUT2D eigenvalue weighted by molar-refractivity contribution is 0.457. The second-order valence-corrected chi connectivity index (χ2v) is 11.4. The molecule has 0 aromatic carbocycles. The van der Waals surface area contributed by atoms with Crippen molar-refractivity contribution < 1.29 is 0 Å². The van der Waals surface area contributed by atoms with Crippen molar-refractivity contribution in [2.75, 3.05) is 23.0 Å². The minimum absolute atomic E-state index is 0.962. The average molecular weight is 341 g/mol. The third-order valence-electron chi connectivity index (χ3n) is 5.57. The summed E-state index contributed by atoms with van der Waals surface area (Å²) in [5.74, 6) is 9.35. The zero-order valence-corrected chi connectivity index (χ0v) is 14.9. The van der Waals surface area contributed by atoms with Crippen LogP contribution in [0.5, 0.6) is 0 Å². The van der Waals surface area contributed by atoms with Gasteiger partial charge in [-0.3, -0.25) is 0 Å². The van der Waals surface area contributed by atoms with Crippen LogP contribution in [0.1, 0.15) is 25.7 Å². The van der Waals surface area contributed by atoms with E-state index < -0.39 is 0 Å². The highest BCUT2D eigenvalue weighted by Crippen LogP contribution is 2.72. The summed E-state index contributed by atoms with van der Waals surface area (Å²) in [6.45, 7) is 0. The maximum Gasteiger partial charge on any atom is 0.0398 e. The lowest BCUT2D eigenvalue weighted by Gasteiger charge is -2.25. The van der Waals surface area contributed by atoms with E-state index in [9.17, 15) is 0 Å². The van der Waals surface area contributed by atoms with Gasteiger partial charge in [0.1, 0.15) is 0 Å². The van der Waals surface area contributed by atoms with E-state index in [2.05, 4.69) is 47.0 Å². The van der Waals surface area contributed by atoms with Crippen molar-refractivity contribution in [1.29, 1.82) is 0 Å². The van der Waals surface area contributed by atoms with Crippen molar-refractivity contribution in [3.8, 4) is 0 Å². The average Bonchev–Trinajstić information content (AvgIpc) is 3.23. The molecule has 0 nitrogen and oxygen atoms in total. The van der Waals surface area contributed by atoms with Crippen LogP contribution in [0.4, 0.5) is 0 Å². The molecular weight excluding hydrogens is 320 g/mol. The molecule has 4 heteroatoms. The maximum absolute atomic E-state index is 2.18. The van der Waals surface area contributed by atoms with E-state index in [1.54, 1.807) is 8.47 Å². The number of rotatable bonds is 0. The van der Waals surface area contributed by atoms with Gasteiger partial charge in [0, 0.05) is 8.47 Å². The standard InChI is InChI=1S/C16H20S4/c1-3-17-15(18-4-1)13-9-7-11-10(13)8-12(9)14(11)16-19-5-2-6-20-16/h9-12H,1-8H2/t9-,10-,11-,12-/m1/s1. The molecule has 4 saturated carbocycles. The largest absolute Gasteiger partial charge is 0.119 e. The molecule has 4 aliphatic carbocycles. The summed E-state index contributed by atoms with van der Waals surface area (Å²) >= 11 is 8.73. The van der Waals surface area contributed by atoms with Crippen molar-refractivity contribution in [2.45, 2.75) is 25.7 Å². The van der Waals surface area contributed by atoms with Crippen LogP contribution in [0, 0.1) is 23.7 Å². The Kier molecular flexibility index (Phi) is 3.47. The first-order chi connectivity index (χ1) is 9.93. The first-order valence-electron chi connectivity index (χ1n) is 7.93. The Morgan fingerprint density at radius 2 is 0.900 bits per heavy atom. The van der Waals surface area contributed by atoms with Gasteiger partial charge >= 0.3 is 0 Å². The quantitative estimate of drug-likeness (QED) is 0.576. The van der Waals surface area contributed by atoms with Gasteiger partial charge in [-0.2, -0.15) is 0 Å². The third-order valence-corrected chi connectivity index (χ3v) is 10.9. The Labute approximate surface area is 138 Å². The van der Waals surface area contributed by atoms with Crippen LogP contribution < -0.4 is 0 Å². The first-order valence-corrected chi connectivity index (χ1v) is 11.9. The zero-order valence-electron chi connectivity index (χ0n) is 11.6. The highest BCUT2D eigenvalue weighted by molar-refractivity contribution is 8.23. The van der Waals surface area contributed by atoms with Gasteiger partial charge in [0.2, 0.25) is 0 Å². The van der Waals surface area contributed by atoms with Crippen LogP contribution in [0.3, 0.4) is 0 Å². The Morgan fingerprint density at radius 1 is 0.550 bits per heavy atom. The molecule has 0 aromatic heterocycles. The molecule has 4 atom stereocenters. The fourth-order valence-corrected chi connectivity index (χ4v) is 10.7. The Bertz CT molecular complexity index is 425. The summed E-state index contributed by atoms with van der Waals surface area (Å²) in [4.78, 5) is 0. The normalized spacial score (nSPS) is 43.2. The molecule has 6 rings (SSSR count). The Morgan fingerprint density at radius 3 is 1.25 bits per heavy atom. The summed E-state index contributed by atoms with van der Waals surface area (Å²) < 4.78 is 3.54. The monoisotopic (exact) mass is 340 g/mol. The van der Waals surface area contributed by atoms with E-state index >= 15 is 0 Å². The summed E-state index contributed by atoms with van der Waals surface area (Å²) in [6.07, 6.45) is 5.85. The molecule has 0 radical (unpaired) electrons. The van der Waals surface area contributed by atoms with E-state index in [1.807, 2.05) is 11.1 Å². The van der Waals surface area contributed by atoms with Crippen molar-refractivity contribution in [1.82, 2.24) is 0 Å². The molecule has 6 aliphatic rings. The zero-order chi connectivity index (χ0) is 13.1. The maximum atomic E-state index is 2.18. The van der Waals surface area contributed by atoms with Crippen molar-refractivity contribution in [3.63, 3.8) is 0 Å². The van der Waals surface area contributed by atoms with Crippen molar-refractivity contribution >= 4 is 47.0 Å². The summed E-state index contributed by atoms with van der Waals surface area (Å²) in [7, 11) is 0. The second kappa shape index (κ2) is 5.21. The number of allylic oxidation sites excluding steroid dienone is 2. The fraction of sp³-hybridized carbons (Fsp3) is 0.750. The van der Waals surface area contributed by atoms with Crippen LogP contribution in [0.2, 0.25) is 0 Å². The predicted octanol–water partition coefficient (Wildman–Crippen LogP) is 5.44. The fourth-order valence-electron chi connectivity index (χ4n) is 4.93. The molecule has 0 spiro atoms. The smallest absolute Gasteiger partial charge is 0.0398 e. The van der Waals surface area contributed by atoms with Gasteiger partial charge in [-0.05, 0) is 83.5 Å². The molecule has 2 heterocycles. The predicted molar refractivity (Wildman–Crippen MR) is 96.3 cm³/mol. The van der Waals surface area contributed by atoms with Crippen LogP contribution in [-0.4, -0.2) is 23.0 Å². The lowest BCUT2D eigenvalue weighted by Crippen LogP contribution is -2.10. The Hall–Kier alpha value is 0.880. The van der Waals surface area contributed by atoms with E-state index in [1.165, 1.54) is 48.7 Å². The molecule has 20 heavy (non-hydrogen) atoms. The van der Waals surface area contributed by atoms with E-state index in [4.69, 9.17) is 0 Å².